The molecule has 1 aliphatic heterocycles. The van der Waals surface area contributed by atoms with Crippen LogP contribution in [0.1, 0.15) is 25.0 Å². The van der Waals surface area contributed by atoms with Crippen molar-refractivity contribution >= 4 is 12.0 Å². The molecule has 6 nitrogen and oxygen atoms in total. The van der Waals surface area contributed by atoms with Crippen LogP contribution in [0.3, 0.4) is 0 Å². The number of aliphatic hydroxyl groups is 1. The van der Waals surface area contributed by atoms with E-state index in [1.165, 1.54) is 19.2 Å². The van der Waals surface area contributed by atoms with Crippen molar-refractivity contribution in [2.45, 2.75) is 32.5 Å². The Balaban J connectivity index is 2.36. The summed E-state index contributed by atoms with van der Waals surface area (Å²) in [5.41, 5.74) is -3.02. The van der Waals surface area contributed by atoms with Gasteiger partial charge >= 0.3 is 6.18 Å². The van der Waals surface area contributed by atoms with Gasteiger partial charge in [-0.05, 0) is 25.5 Å². The zero-order chi connectivity index (χ0) is 21.9. The average Bonchev–Trinajstić information content (AvgIpc) is 2.63. The van der Waals surface area contributed by atoms with Crippen LogP contribution in [0.15, 0.2) is 17.1 Å². The molecule has 0 aromatic heterocycles. The number of benzene rings is 1. The number of alkyl halides is 3. The van der Waals surface area contributed by atoms with Crippen LogP contribution in [0.25, 0.3) is 0 Å². The minimum Gasteiger partial charge on any atom is -0.496 e. The Bertz CT molecular complexity index is 735. The third kappa shape index (κ3) is 5.21. The molecule has 1 atom stereocenters. The second-order valence-corrected chi connectivity index (χ2v) is 7.81. The van der Waals surface area contributed by atoms with E-state index in [1.807, 2.05) is 25.8 Å². The van der Waals surface area contributed by atoms with Crippen molar-refractivity contribution in [3.63, 3.8) is 0 Å². The van der Waals surface area contributed by atoms with Crippen LogP contribution in [-0.2, 0) is 15.1 Å². The molecular formula is C20H29F3N2O4. The van der Waals surface area contributed by atoms with Crippen LogP contribution in [0, 0.1) is 12.3 Å². The number of rotatable bonds is 9. The molecule has 0 spiro atoms. The van der Waals surface area contributed by atoms with Crippen molar-refractivity contribution in [3.8, 4) is 5.75 Å². The Kier molecular flexibility index (Phi) is 7.19. The highest BCUT2D eigenvalue weighted by atomic mass is 19.4. The Morgan fingerprint density at radius 1 is 1.34 bits per heavy atom. The fraction of sp³-hybridized carbons (Fsp3) is 0.650. The summed E-state index contributed by atoms with van der Waals surface area (Å²) in [5.74, 6) is -0.108. The maximum Gasteiger partial charge on any atom is 0.423 e. The van der Waals surface area contributed by atoms with Gasteiger partial charge in [-0.25, -0.2) is 4.99 Å². The molecule has 0 saturated carbocycles. The van der Waals surface area contributed by atoms with Crippen LogP contribution in [0.4, 0.5) is 18.9 Å². The monoisotopic (exact) mass is 418 g/mol. The summed E-state index contributed by atoms with van der Waals surface area (Å²) in [6.45, 7) is 6.11. The molecule has 164 valence electrons. The normalized spacial score (nSPS) is 18.4. The average molecular weight is 418 g/mol. The van der Waals surface area contributed by atoms with Crippen molar-refractivity contribution in [1.29, 1.82) is 0 Å². The number of aliphatic imine (C=N–C) groups is 1. The highest BCUT2D eigenvalue weighted by molar-refractivity contribution is 5.65. The summed E-state index contributed by atoms with van der Waals surface area (Å²) >= 11 is 0. The molecule has 1 aromatic carbocycles. The minimum absolute atomic E-state index is 0.0540. The highest BCUT2D eigenvalue weighted by Crippen LogP contribution is 2.45. The SMILES string of the molecule is CCN(C)C=Nc1cc(OC)c(C(O)(COCC2(C)COC2)C(F)(F)F)cc1C. The maximum atomic E-state index is 13.9. The first-order valence-corrected chi connectivity index (χ1v) is 9.34. The smallest absolute Gasteiger partial charge is 0.423 e. The predicted molar refractivity (Wildman–Crippen MR) is 104 cm³/mol. The van der Waals surface area contributed by atoms with Crippen LogP contribution in [0.2, 0.25) is 0 Å². The molecule has 1 saturated heterocycles. The van der Waals surface area contributed by atoms with E-state index >= 15 is 0 Å². The van der Waals surface area contributed by atoms with E-state index in [0.717, 1.165) is 6.54 Å². The summed E-state index contributed by atoms with van der Waals surface area (Å²) < 4.78 is 57.3. The molecule has 1 fully saturated rings. The third-order valence-corrected chi connectivity index (χ3v) is 4.99. The Hall–Kier alpha value is -1.84. The lowest BCUT2D eigenvalue weighted by molar-refractivity contribution is -0.286. The molecular weight excluding hydrogens is 389 g/mol. The van der Waals surface area contributed by atoms with Gasteiger partial charge in [-0.1, -0.05) is 6.92 Å². The van der Waals surface area contributed by atoms with E-state index in [-0.39, 0.29) is 17.8 Å². The second kappa shape index (κ2) is 8.89. The number of hydrogen-bond acceptors (Lipinski definition) is 5. The molecule has 1 heterocycles. The molecule has 1 aliphatic rings. The maximum absolute atomic E-state index is 13.9. The van der Waals surface area contributed by atoms with Gasteiger partial charge in [-0.15, -0.1) is 0 Å². The molecule has 1 unspecified atom stereocenters. The van der Waals surface area contributed by atoms with E-state index in [4.69, 9.17) is 14.2 Å². The first-order valence-electron chi connectivity index (χ1n) is 9.34. The quantitative estimate of drug-likeness (QED) is 0.492. The number of halogens is 3. The van der Waals surface area contributed by atoms with E-state index in [9.17, 15) is 18.3 Å². The van der Waals surface area contributed by atoms with Gasteiger partial charge in [0.05, 0.1) is 45.6 Å². The van der Waals surface area contributed by atoms with Gasteiger partial charge in [-0.3, -0.25) is 0 Å². The molecule has 0 bridgehead atoms. The summed E-state index contributed by atoms with van der Waals surface area (Å²) in [5, 5.41) is 10.7. The number of ether oxygens (including phenoxy) is 3. The number of aryl methyl sites for hydroxylation is 1. The largest absolute Gasteiger partial charge is 0.496 e. The molecule has 1 N–H and O–H groups in total. The highest BCUT2D eigenvalue weighted by Gasteiger charge is 2.57. The Labute approximate surface area is 169 Å². The van der Waals surface area contributed by atoms with Gasteiger partial charge in [0.25, 0.3) is 0 Å². The molecule has 0 radical (unpaired) electrons. The van der Waals surface area contributed by atoms with Crippen LogP contribution >= 0.6 is 0 Å². The molecule has 9 heteroatoms. The minimum atomic E-state index is -4.96. The summed E-state index contributed by atoms with van der Waals surface area (Å²) in [6, 6.07) is 2.64. The van der Waals surface area contributed by atoms with Gasteiger partial charge in [0.2, 0.25) is 5.60 Å². The van der Waals surface area contributed by atoms with Crippen molar-refractivity contribution in [3.05, 3.63) is 23.3 Å². The third-order valence-electron chi connectivity index (χ3n) is 4.99. The Morgan fingerprint density at radius 2 is 2.00 bits per heavy atom. The van der Waals surface area contributed by atoms with Gasteiger partial charge in [0.15, 0.2) is 0 Å². The standard InChI is InChI=1S/C20H29F3N2O4/c1-6-25(4)13-24-16-8-17(27-5)15(7-14(16)2)19(26,20(21,22)23)12-29-11-18(3)9-28-10-18/h7-8,13,26H,6,9-12H2,1-5H3. The zero-order valence-corrected chi connectivity index (χ0v) is 17.5. The van der Waals surface area contributed by atoms with Crippen LogP contribution in [0.5, 0.6) is 5.75 Å². The molecule has 0 aliphatic carbocycles. The van der Waals surface area contributed by atoms with Gasteiger partial charge in [0, 0.05) is 30.6 Å². The van der Waals surface area contributed by atoms with E-state index in [1.54, 1.807) is 13.3 Å². The summed E-state index contributed by atoms with van der Waals surface area (Å²) in [7, 11) is 3.09. The summed E-state index contributed by atoms with van der Waals surface area (Å²) in [4.78, 5) is 6.12. The number of methoxy groups -OCH3 is 1. The van der Waals surface area contributed by atoms with Crippen molar-refractivity contribution in [2.75, 3.05) is 47.1 Å². The number of nitrogens with zero attached hydrogens (tertiary/aromatic N) is 2. The lowest BCUT2D eigenvalue weighted by Crippen LogP contribution is -2.49. The fourth-order valence-corrected chi connectivity index (χ4v) is 2.84. The molecule has 1 aromatic rings. The van der Waals surface area contributed by atoms with Gasteiger partial charge in [-0.2, -0.15) is 13.2 Å². The van der Waals surface area contributed by atoms with Crippen molar-refractivity contribution in [2.24, 2.45) is 10.4 Å². The molecule has 2 rings (SSSR count). The van der Waals surface area contributed by atoms with E-state index in [0.29, 0.717) is 24.5 Å². The first kappa shape index (κ1) is 23.4. The molecule has 0 amide bonds. The Morgan fingerprint density at radius 3 is 2.48 bits per heavy atom. The first-order chi connectivity index (χ1) is 13.5. The second-order valence-electron chi connectivity index (χ2n) is 7.81. The molecule has 29 heavy (non-hydrogen) atoms. The lowest BCUT2D eigenvalue weighted by Gasteiger charge is -2.39. The van der Waals surface area contributed by atoms with Crippen molar-refractivity contribution < 1.29 is 32.5 Å². The fourth-order valence-electron chi connectivity index (χ4n) is 2.84. The lowest BCUT2D eigenvalue weighted by atomic mass is 9.89. The van der Waals surface area contributed by atoms with Crippen molar-refractivity contribution in [1.82, 2.24) is 4.90 Å². The van der Waals surface area contributed by atoms with Crippen LogP contribution < -0.4 is 4.74 Å². The van der Waals surface area contributed by atoms with E-state index < -0.39 is 23.9 Å². The predicted octanol–water partition coefficient (Wildman–Crippen LogP) is 3.42. The van der Waals surface area contributed by atoms with Crippen LogP contribution in [-0.4, -0.2) is 69.7 Å². The topological polar surface area (TPSA) is 63.5 Å². The summed E-state index contributed by atoms with van der Waals surface area (Å²) in [6.07, 6.45) is -3.38. The van der Waals surface area contributed by atoms with Gasteiger partial charge in [0.1, 0.15) is 5.75 Å². The van der Waals surface area contributed by atoms with Gasteiger partial charge < -0.3 is 24.2 Å². The number of hydrogen-bond donors (Lipinski definition) is 1. The van der Waals surface area contributed by atoms with E-state index in [2.05, 4.69) is 4.99 Å². The zero-order valence-electron chi connectivity index (χ0n) is 17.5.